The van der Waals surface area contributed by atoms with Crippen LogP contribution in [-0.2, 0) is 30.3 Å². The van der Waals surface area contributed by atoms with E-state index in [1.54, 1.807) is 48.5 Å². The van der Waals surface area contributed by atoms with Gasteiger partial charge < -0.3 is 14.4 Å². The maximum absolute atomic E-state index is 13.2. The molecule has 1 fully saturated rings. The Balaban J connectivity index is 1.86. The van der Waals surface area contributed by atoms with Crippen LogP contribution in [0, 0.1) is 0 Å². The maximum atomic E-state index is 13.2. The highest BCUT2D eigenvalue weighted by atomic mass is 79.9. The quantitative estimate of drug-likeness (QED) is 0.403. The molecule has 0 spiro atoms. The second-order valence-corrected chi connectivity index (χ2v) is 8.37. The van der Waals surface area contributed by atoms with Crippen LogP contribution in [-0.4, -0.2) is 55.7 Å². The predicted octanol–water partition coefficient (Wildman–Crippen LogP) is 3.42. The van der Waals surface area contributed by atoms with Gasteiger partial charge in [0, 0.05) is 23.7 Å². The zero-order chi connectivity index (χ0) is 22.5. The molecule has 31 heavy (non-hydrogen) atoms. The third-order valence-electron chi connectivity index (χ3n) is 5.04. The smallest absolute Gasteiger partial charge is 0.257 e. The second kappa shape index (κ2) is 10.4. The van der Waals surface area contributed by atoms with E-state index >= 15 is 0 Å². The van der Waals surface area contributed by atoms with Gasteiger partial charge in [-0.05, 0) is 42.0 Å². The third-order valence-corrected chi connectivity index (χ3v) is 5.83. The molecule has 0 N–H and O–H groups in total. The van der Waals surface area contributed by atoms with Gasteiger partial charge in [0.2, 0.25) is 11.8 Å². The molecule has 0 aliphatic carbocycles. The Morgan fingerprint density at radius 3 is 2.32 bits per heavy atom. The lowest BCUT2D eigenvalue weighted by molar-refractivity contribution is -0.152. The first-order valence-electron chi connectivity index (χ1n) is 9.56. The van der Waals surface area contributed by atoms with Gasteiger partial charge >= 0.3 is 0 Å². The lowest BCUT2D eigenvalue weighted by atomic mass is 10.1. The van der Waals surface area contributed by atoms with Crippen LogP contribution in [0.25, 0.3) is 0 Å². The van der Waals surface area contributed by atoms with Crippen molar-refractivity contribution in [2.45, 2.75) is 25.2 Å². The van der Waals surface area contributed by atoms with Crippen molar-refractivity contribution < 1.29 is 23.9 Å². The minimum atomic E-state index is -0.941. The van der Waals surface area contributed by atoms with E-state index in [0.29, 0.717) is 10.7 Å². The number of amides is 3. The van der Waals surface area contributed by atoms with E-state index in [2.05, 4.69) is 15.9 Å². The summed E-state index contributed by atoms with van der Waals surface area (Å²) < 4.78 is 11.3. The van der Waals surface area contributed by atoms with Crippen LogP contribution in [0.15, 0.2) is 53.0 Å². The summed E-state index contributed by atoms with van der Waals surface area (Å²) in [6.07, 6.45) is -0.798. The van der Waals surface area contributed by atoms with Gasteiger partial charge in [0.05, 0.1) is 25.1 Å². The maximum Gasteiger partial charge on any atom is 0.257 e. The number of anilines is 1. The Morgan fingerprint density at radius 2 is 1.74 bits per heavy atom. The molecule has 0 aromatic heterocycles. The molecule has 1 aliphatic rings. The summed E-state index contributed by atoms with van der Waals surface area (Å²) in [5, 5.41) is 0.564. The van der Waals surface area contributed by atoms with Crippen molar-refractivity contribution in [3.05, 3.63) is 63.6 Å². The van der Waals surface area contributed by atoms with Crippen LogP contribution < -0.4 is 4.90 Å². The van der Waals surface area contributed by atoms with Gasteiger partial charge in [-0.2, -0.15) is 0 Å². The molecule has 0 bridgehead atoms. The van der Waals surface area contributed by atoms with Crippen molar-refractivity contribution in [3.8, 4) is 0 Å². The number of hydrogen-bond donors (Lipinski definition) is 0. The Bertz CT molecular complexity index is 947. The van der Waals surface area contributed by atoms with Gasteiger partial charge in [-0.25, -0.2) is 4.90 Å². The van der Waals surface area contributed by atoms with Crippen molar-refractivity contribution >= 4 is 50.9 Å². The number of methoxy groups -OCH3 is 2. The summed E-state index contributed by atoms with van der Waals surface area (Å²) in [6, 6.07) is 12.8. The standard InChI is InChI=1S/C22H22BrClN2O5/c1-30-21(31-2)13-25(19(27)11-14-3-7-16(24)8-4-14)18-12-20(28)26(22(18)29)17-9-5-15(23)6-10-17/h3-10,18,21H,11-13H2,1-2H3. The zero-order valence-corrected chi connectivity index (χ0v) is 19.4. The summed E-state index contributed by atoms with van der Waals surface area (Å²) in [7, 11) is 2.90. The number of nitrogens with zero attached hydrogens (tertiary/aromatic N) is 2. The Hall–Kier alpha value is -2.26. The molecule has 1 heterocycles. The molecular weight excluding hydrogens is 488 g/mol. The summed E-state index contributed by atoms with van der Waals surface area (Å²) in [6.45, 7) is 0.0112. The van der Waals surface area contributed by atoms with Crippen LogP contribution in [0.4, 0.5) is 5.69 Å². The Morgan fingerprint density at radius 1 is 1.13 bits per heavy atom. The molecular formula is C22H22BrClN2O5. The molecule has 1 saturated heterocycles. The van der Waals surface area contributed by atoms with Gasteiger partial charge in [-0.3, -0.25) is 14.4 Å². The fourth-order valence-electron chi connectivity index (χ4n) is 3.41. The number of carbonyl (C=O) groups excluding carboxylic acids is 3. The zero-order valence-electron chi connectivity index (χ0n) is 17.1. The van der Waals surface area contributed by atoms with Crippen molar-refractivity contribution in [1.82, 2.24) is 4.90 Å². The van der Waals surface area contributed by atoms with Gasteiger partial charge in [0.15, 0.2) is 6.29 Å². The van der Waals surface area contributed by atoms with Crippen LogP contribution >= 0.6 is 27.5 Å². The summed E-state index contributed by atoms with van der Waals surface area (Å²) >= 11 is 9.26. The molecule has 2 aromatic carbocycles. The van der Waals surface area contributed by atoms with E-state index in [4.69, 9.17) is 21.1 Å². The van der Waals surface area contributed by atoms with Gasteiger partial charge in [-0.1, -0.05) is 39.7 Å². The fourth-order valence-corrected chi connectivity index (χ4v) is 3.80. The van der Waals surface area contributed by atoms with Crippen LogP contribution in [0.3, 0.4) is 0 Å². The SMILES string of the molecule is COC(CN(C(=O)Cc1ccc(Cl)cc1)C1CC(=O)N(c2ccc(Br)cc2)C1=O)OC. The number of rotatable bonds is 8. The van der Waals surface area contributed by atoms with E-state index in [-0.39, 0.29) is 31.2 Å². The molecule has 0 radical (unpaired) electrons. The molecule has 7 nitrogen and oxygen atoms in total. The molecule has 1 unspecified atom stereocenters. The fraction of sp³-hybridized carbons (Fsp3) is 0.318. The molecule has 164 valence electrons. The minimum absolute atomic E-state index is 0.0112. The molecule has 9 heteroatoms. The average Bonchev–Trinajstić information content (AvgIpc) is 3.05. The number of benzene rings is 2. The first-order chi connectivity index (χ1) is 14.8. The Labute approximate surface area is 194 Å². The van der Waals surface area contributed by atoms with Gasteiger partial charge in [0.1, 0.15) is 6.04 Å². The highest BCUT2D eigenvalue weighted by Gasteiger charge is 2.44. The van der Waals surface area contributed by atoms with Crippen LogP contribution in [0.2, 0.25) is 5.02 Å². The normalized spacial score (nSPS) is 16.3. The molecule has 1 atom stereocenters. The lowest BCUT2D eigenvalue weighted by Crippen LogP contribution is -2.49. The molecule has 0 saturated carbocycles. The lowest BCUT2D eigenvalue weighted by Gasteiger charge is -2.30. The monoisotopic (exact) mass is 508 g/mol. The molecule has 2 aromatic rings. The molecule has 3 amide bonds. The summed E-state index contributed by atoms with van der Waals surface area (Å²) in [5.41, 5.74) is 1.20. The van der Waals surface area contributed by atoms with Gasteiger partial charge in [0.25, 0.3) is 5.91 Å². The molecule has 1 aliphatic heterocycles. The van der Waals surface area contributed by atoms with E-state index in [1.165, 1.54) is 19.1 Å². The molecule has 3 rings (SSSR count). The third kappa shape index (κ3) is 5.51. The number of imide groups is 1. The Kier molecular flexibility index (Phi) is 7.83. The largest absolute Gasteiger partial charge is 0.354 e. The van der Waals surface area contributed by atoms with Crippen LogP contribution in [0.1, 0.15) is 12.0 Å². The van der Waals surface area contributed by atoms with Crippen molar-refractivity contribution in [3.63, 3.8) is 0 Å². The first kappa shape index (κ1) is 23.4. The number of halogens is 2. The van der Waals surface area contributed by atoms with Crippen molar-refractivity contribution in [2.24, 2.45) is 0 Å². The average molecular weight is 510 g/mol. The number of hydrogen-bond acceptors (Lipinski definition) is 5. The van der Waals surface area contributed by atoms with E-state index < -0.39 is 18.2 Å². The van der Waals surface area contributed by atoms with Crippen molar-refractivity contribution in [2.75, 3.05) is 25.7 Å². The van der Waals surface area contributed by atoms with E-state index in [1.807, 2.05) is 0 Å². The first-order valence-corrected chi connectivity index (χ1v) is 10.7. The summed E-state index contributed by atoms with van der Waals surface area (Å²) in [4.78, 5) is 41.6. The highest BCUT2D eigenvalue weighted by molar-refractivity contribution is 9.10. The minimum Gasteiger partial charge on any atom is -0.354 e. The van der Waals surface area contributed by atoms with Crippen LogP contribution in [0.5, 0.6) is 0 Å². The van der Waals surface area contributed by atoms with Crippen molar-refractivity contribution in [1.29, 1.82) is 0 Å². The topological polar surface area (TPSA) is 76.2 Å². The highest BCUT2D eigenvalue weighted by Crippen LogP contribution is 2.28. The van der Waals surface area contributed by atoms with E-state index in [9.17, 15) is 14.4 Å². The number of carbonyl (C=O) groups is 3. The predicted molar refractivity (Wildman–Crippen MR) is 120 cm³/mol. The second-order valence-electron chi connectivity index (χ2n) is 7.01. The van der Waals surface area contributed by atoms with Gasteiger partial charge in [-0.15, -0.1) is 0 Å². The summed E-state index contributed by atoms with van der Waals surface area (Å²) in [5.74, 6) is -1.14. The number of ether oxygens (including phenoxy) is 2. The van der Waals surface area contributed by atoms with E-state index in [0.717, 1.165) is 14.9 Å².